The van der Waals surface area contributed by atoms with Crippen LogP contribution in [0, 0.1) is 0 Å². The monoisotopic (exact) mass is 361 g/mol. The summed E-state index contributed by atoms with van der Waals surface area (Å²) in [6.07, 6.45) is 4.82. The molecule has 1 aromatic heterocycles. The van der Waals surface area contributed by atoms with E-state index in [1.807, 2.05) is 15.9 Å². The molecule has 2 amide bonds. The smallest absolute Gasteiger partial charge is 0.320 e. The van der Waals surface area contributed by atoms with Crippen molar-refractivity contribution in [2.75, 3.05) is 44.7 Å². The first kappa shape index (κ1) is 17.5. The Labute approximate surface area is 153 Å². The maximum absolute atomic E-state index is 12.5. The standard InChI is InChI=1S/C18H27N5O3/c24-15-9-13(10-15)16-11-17(20-12-19-16)21-14-1-3-22(4-2-14)18(25)23-5-7-26-8-6-23/h11-15,24H,1-10H2,(H,19,20,21). The highest BCUT2D eigenvalue weighted by Gasteiger charge is 2.30. The first-order chi connectivity index (χ1) is 12.7. The minimum absolute atomic E-state index is 0.139. The van der Waals surface area contributed by atoms with Crippen molar-refractivity contribution < 1.29 is 14.6 Å². The Bertz CT molecular complexity index is 623. The van der Waals surface area contributed by atoms with Crippen molar-refractivity contribution in [2.24, 2.45) is 0 Å². The lowest BCUT2D eigenvalue weighted by atomic mass is 9.80. The molecule has 0 bridgehead atoms. The molecule has 1 aromatic rings. The number of carbonyl (C=O) groups excluding carboxylic acids is 1. The second-order valence-corrected chi connectivity index (χ2v) is 7.44. The zero-order valence-electron chi connectivity index (χ0n) is 15.0. The number of aromatic nitrogens is 2. The number of nitrogens with zero attached hydrogens (tertiary/aromatic N) is 4. The highest BCUT2D eigenvalue weighted by atomic mass is 16.5. The van der Waals surface area contributed by atoms with Gasteiger partial charge in [-0.3, -0.25) is 0 Å². The summed E-state index contributed by atoms with van der Waals surface area (Å²) in [4.78, 5) is 25.1. The maximum Gasteiger partial charge on any atom is 0.320 e. The molecular weight excluding hydrogens is 334 g/mol. The van der Waals surface area contributed by atoms with E-state index in [2.05, 4.69) is 15.3 Å². The molecule has 8 nitrogen and oxygen atoms in total. The molecule has 2 saturated heterocycles. The van der Waals surface area contributed by atoms with E-state index in [0.717, 1.165) is 50.3 Å². The van der Waals surface area contributed by atoms with E-state index < -0.39 is 0 Å². The molecule has 0 unspecified atom stereocenters. The van der Waals surface area contributed by atoms with Crippen molar-refractivity contribution in [3.63, 3.8) is 0 Å². The quantitative estimate of drug-likeness (QED) is 0.836. The van der Waals surface area contributed by atoms with Gasteiger partial charge in [0.05, 0.1) is 19.3 Å². The number of aliphatic hydroxyl groups is 1. The Morgan fingerprint density at radius 2 is 1.81 bits per heavy atom. The minimum Gasteiger partial charge on any atom is -0.393 e. The summed E-state index contributed by atoms with van der Waals surface area (Å²) in [5, 5.41) is 13.0. The average Bonchev–Trinajstić information content (AvgIpc) is 2.66. The Balaban J connectivity index is 1.27. The van der Waals surface area contributed by atoms with Crippen LogP contribution in [0.5, 0.6) is 0 Å². The SMILES string of the molecule is O=C(N1CCOCC1)N1CCC(Nc2cc(C3CC(O)C3)ncn2)CC1. The molecule has 4 rings (SSSR count). The molecule has 26 heavy (non-hydrogen) atoms. The van der Waals surface area contributed by atoms with Gasteiger partial charge in [0.1, 0.15) is 12.1 Å². The van der Waals surface area contributed by atoms with Crippen LogP contribution in [0.2, 0.25) is 0 Å². The van der Waals surface area contributed by atoms with E-state index in [1.54, 1.807) is 6.33 Å². The van der Waals surface area contributed by atoms with Crippen molar-refractivity contribution in [3.8, 4) is 0 Å². The molecule has 0 aromatic carbocycles. The van der Waals surface area contributed by atoms with Crippen LogP contribution in [-0.4, -0.2) is 82.4 Å². The molecule has 0 atom stereocenters. The van der Waals surface area contributed by atoms with Gasteiger partial charge in [0.2, 0.25) is 0 Å². The Kier molecular flexibility index (Phi) is 5.21. The minimum atomic E-state index is -0.181. The average molecular weight is 361 g/mol. The number of amides is 2. The van der Waals surface area contributed by atoms with Gasteiger partial charge in [0.15, 0.2) is 0 Å². The van der Waals surface area contributed by atoms with Gasteiger partial charge in [-0.1, -0.05) is 0 Å². The molecule has 8 heteroatoms. The van der Waals surface area contributed by atoms with E-state index in [1.165, 1.54) is 0 Å². The van der Waals surface area contributed by atoms with Crippen molar-refractivity contribution >= 4 is 11.8 Å². The van der Waals surface area contributed by atoms with Gasteiger partial charge in [-0.2, -0.15) is 0 Å². The van der Waals surface area contributed by atoms with Crippen LogP contribution < -0.4 is 5.32 Å². The van der Waals surface area contributed by atoms with E-state index in [4.69, 9.17) is 4.74 Å². The van der Waals surface area contributed by atoms with Crippen LogP contribution >= 0.6 is 0 Å². The lowest BCUT2D eigenvalue weighted by Crippen LogP contribution is -2.51. The lowest BCUT2D eigenvalue weighted by molar-refractivity contribution is 0.0414. The van der Waals surface area contributed by atoms with Gasteiger partial charge in [-0.15, -0.1) is 0 Å². The third-order valence-electron chi connectivity index (χ3n) is 5.62. The molecule has 3 fully saturated rings. The third kappa shape index (κ3) is 3.91. The van der Waals surface area contributed by atoms with Crippen molar-refractivity contribution in [3.05, 3.63) is 18.1 Å². The molecule has 3 heterocycles. The summed E-state index contributed by atoms with van der Waals surface area (Å²) in [6, 6.07) is 2.46. The van der Waals surface area contributed by atoms with E-state index in [-0.39, 0.29) is 12.1 Å². The first-order valence-electron chi connectivity index (χ1n) is 9.57. The number of morpholine rings is 1. The number of anilines is 1. The van der Waals surface area contributed by atoms with E-state index >= 15 is 0 Å². The summed E-state index contributed by atoms with van der Waals surface area (Å²) in [6.45, 7) is 4.18. The van der Waals surface area contributed by atoms with E-state index in [9.17, 15) is 9.90 Å². The topological polar surface area (TPSA) is 90.8 Å². The molecular formula is C18H27N5O3. The molecule has 142 valence electrons. The van der Waals surface area contributed by atoms with Gasteiger partial charge < -0.3 is 25.0 Å². The summed E-state index contributed by atoms with van der Waals surface area (Å²) < 4.78 is 5.32. The highest BCUT2D eigenvalue weighted by molar-refractivity contribution is 5.74. The fraction of sp³-hybridized carbons (Fsp3) is 0.722. The second-order valence-electron chi connectivity index (χ2n) is 7.44. The number of ether oxygens (including phenoxy) is 1. The van der Waals surface area contributed by atoms with Crippen molar-refractivity contribution in [1.82, 2.24) is 19.8 Å². The fourth-order valence-electron chi connectivity index (χ4n) is 3.88. The number of nitrogens with one attached hydrogen (secondary N) is 1. The number of piperidine rings is 1. The van der Waals surface area contributed by atoms with Gasteiger partial charge in [0.25, 0.3) is 0 Å². The van der Waals surface area contributed by atoms with Gasteiger partial charge >= 0.3 is 6.03 Å². The Morgan fingerprint density at radius 1 is 1.12 bits per heavy atom. The van der Waals surface area contributed by atoms with E-state index in [0.29, 0.717) is 38.3 Å². The number of carbonyl (C=O) groups is 1. The highest BCUT2D eigenvalue weighted by Crippen LogP contribution is 2.36. The Morgan fingerprint density at radius 3 is 2.50 bits per heavy atom. The van der Waals surface area contributed by atoms with Crippen LogP contribution in [0.3, 0.4) is 0 Å². The fourth-order valence-corrected chi connectivity index (χ4v) is 3.88. The number of aliphatic hydroxyl groups excluding tert-OH is 1. The van der Waals surface area contributed by atoms with Gasteiger partial charge in [-0.25, -0.2) is 14.8 Å². The Hall–Kier alpha value is -1.93. The molecule has 2 N–H and O–H groups in total. The molecule has 2 aliphatic heterocycles. The molecule has 1 aliphatic carbocycles. The zero-order chi connectivity index (χ0) is 17.9. The molecule has 3 aliphatic rings. The lowest BCUT2D eigenvalue weighted by Gasteiger charge is -2.37. The van der Waals surface area contributed by atoms with Gasteiger partial charge in [-0.05, 0) is 25.7 Å². The molecule has 1 saturated carbocycles. The largest absolute Gasteiger partial charge is 0.393 e. The van der Waals surface area contributed by atoms with Crippen molar-refractivity contribution in [1.29, 1.82) is 0 Å². The first-order valence-corrected chi connectivity index (χ1v) is 9.57. The normalized spacial score (nSPS) is 27.1. The number of hydrogen-bond donors (Lipinski definition) is 2. The second kappa shape index (κ2) is 7.75. The molecule has 0 spiro atoms. The summed E-state index contributed by atoms with van der Waals surface area (Å²) in [7, 11) is 0. The number of rotatable bonds is 3. The predicted octanol–water partition coefficient (Wildman–Crippen LogP) is 1.04. The third-order valence-corrected chi connectivity index (χ3v) is 5.62. The summed E-state index contributed by atoms with van der Waals surface area (Å²) in [5.74, 6) is 1.19. The van der Waals surface area contributed by atoms with Crippen LogP contribution in [0.15, 0.2) is 12.4 Å². The number of likely N-dealkylation sites (tertiary alicyclic amines) is 1. The number of urea groups is 1. The van der Waals surface area contributed by atoms with Crippen LogP contribution in [0.4, 0.5) is 10.6 Å². The van der Waals surface area contributed by atoms with Gasteiger partial charge in [0, 0.05) is 49.9 Å². The summed E-state index contributed by atoms with van der Waals surface area (Å²) in [5.41, 5.74) is 1.01. The van der Waals surface area contributed by atoms with Crippen LogP contribution in [0.1, 0.15) is 37.3 Å². The number of hydrogen-bond acceptors (Lipinski definition) is 6. The zero-order valence-corrected chi connectivity index (χ0v) is 15.0. The van der Waals surface area contributed by atoms with Crippen molar-refractivity contribution in [2.45, 2.75) is 43.7 Å². The maximum atomic E-state index is 12.5. The molecule has 0 radical (unpaired) electrons. The predicted molar refractivity (Wildman–Crippen MR) is 96.0 cm³/mol. The summed E-state index contributed by atoms with van der Waals surface area (Å²) >= 11 is 0. The van der Waals surface area contributed by atoms with Crippen LogP contribution in [-0.2, 0) is 4.74 Å². The van der Waals surface area contributed by atoms with Crippen LogP contribution in [0.25, 0.3) is 0 Å².